The van der Waals surface area contributed by atoms with Crippen LogP contribution in [0.1, 0.15) is 22.1 Å². The van der Waals surface area contributed by atoms with Gasteiger partial charge in [0.25, 0.3) is 0 Å². The molecule has 1 unspecified atom stereocenters. The van der Waals surface area contributed by atoms with E-state index in [0.29, 0.717) is 6.42 Å². The first-order valence-corrected chi connectivity index (χ1v) is 7.21. The summed E-state index contributed by atoms with van der Waals surface area (Å²) >= 11 is 6.56. The lowest BCUT2D eigenvalue weighted by atomic mass is 10.0. The first-order valence-electron chi connectivity index (χ1n) is 6.77. The minimum absolute atomic E-state index is 0.123. The molecule has 0 aromatic heterocycles. The Morgan fingerprint density at radius 3 is 2.48 bits per heavy atom. The van der Waals surface area contributed by atoms with E-state index in [9.17, 15) is 4.79 Å². The van der Waals surface area contributed by atoms with Gasteiger partial charge >= 0.3 is 0 Å². The van der Waals surface area contributed by atoms with E-state index in [4.69, 9.17) is 16.3 Å². The second kappa shape index (κ2) is 5.41. The molecule has 0 saturated heterocycles. The molecule has 3 rings (SSSR count). The quantitative estimate of drug-likeness (QED) is 0.812. The average molecular weight is 302 g/mol. The van der Waals surface area contributed by atoms with Gasteiger partial charge in [-0.2, -0.15) is 0 Å². The predicted molar refractivity (Wildman–Crippen MR) is 84.2 cm³/mol. The molecule has 4 heteroatoms. The average Bonchev–Trinajstić information content (AvgIpc) is 2.81. The zero-order valence-electron chi connectivity index (χ0n) is 12.0. The van der Waals surface area contributed by atoms with E-state index < -0.39 is 0 Å². The molecule has 0 bridgehead atoms. The topological polar surface area (TPSA) is 29.5 Å². The van der Waals surface area contributed by atoms with Crippen LogP contribution in [-0.2, 0) is 11.2 Å². The van der Waals surface area contributed by atoms with E-state index in [1.54, 1.807) is 19.1 Å². The van der Waals surface area contributed by atoms with Gasteiger partial charge in [-0.3, -0.25) is 4.79 Å². The van der Waals surface area contributed by atoms with Crippen molar-refractivity contribution in [3.63, 3.8) is 0 Å². The summed E-state index contributed by atoms with van der Waals surface area (Å²) in [6.07, 6.45) is 0.450. The molecule has 2 aromatic carbocycles. The highest BCUT2D eigenvalue weighted by Crippen LogP contribution is 2.35. The van der Waals surface area contributed by atoms with Crippen LogP contribution in [0.4, 0.5) is 5.69 Å². The fourth-order valence-corrected chi connectivity index (χ4v) is 2.89. The minimum Gasteiger partial charge on any atom is -0.497 e. The van der Waals surface area contributed by atoms with Crippen LogP contribution in [0, 0.1) is 0 Å². The van der Waals surface area contributed by atoms with Crippen LogP contribution in [0.25, 0.3) is 0 Å². The maximum Gasteiger partial charge on any atom is 0.231 e. The lowest BCUT2D eigenvalue weighted by Crippen LogP contribution is -2.20. The molecule has 2 aromatic rings. The molecule has 0 spiro atoms. The van der Waals surface area contributed by atoms with Crippen molar-refractivity contribution in [1.82, 2.24) is 0 Å². The van der Waals surface area contributed by atoms with Gasteiger partial charge in [-0.1, -0.05) is 24.3 Å². The number of halogens is 1. The highest BCUT2D eigenvalue weighted by molar-refractivity contribution is 6.22. The van der Waals surface area contributed by atoms with E-state index in [1.165, 1.54) is 0 Å². The van der Waals surface area contributed by atoms with Crippen molar-refractivity contribution in [2.24, 2.45) is 0 Å². The fraction of sp³-hybridized carbons (Fsp3) is 0.235. The number of fused-ring (bicyclic) bond motifs is 1. The first-order chi connectivity index (χ1) is 10.1. The summed E-state index contributed by atoms with van der Waals surface area (Å²) in [5.41, 5.74) is 4.03. The maximum absolute atomic E-state index is 11.7. The van der Waals surface area contributed by atoms with Crippen LogP contribution in [0.5, 0.6) is 5.75 Å². The normalized spacial score (nSPS) is 15.0. The molecule has 1 aliphatic rings. The number of methoxy groups -OCH3 is 1. The van der Waals surface area contributed by atoms with Gasteiger partial charge in [-0.25, -0.2) is 0 Å². The number of rotatable bonds is 3. The summed E-state index contributed by atoms with van der Waals surface area (Å²) in [5.74, 6) is 0.932. The van der Waals surface area contributed by atoms with Crippen molar-refractivity contribution in [3.05, 3.63) is 59.2 Å². The van der Waals surface area contributed by atoms with Crippen molar-refractivity contribution in [3.8, 4) is 5.75 Å². The van der Waals surface area contributed by atoms with E-state index >= 15 is 0 Å². The smallest absolute Gasteiger partial charge is 0.231 e. The molecular formula is C17H16ClNO2. The van der Waals surface area contributed by atoms with Gasteiger partial charge < -0.3 is 9.64 Å². The summed E-state index contributed by atoms with van der Waals surface area (Å²) in [5, 5.41) is -0.234. The molecular weight excluding hydrogens is 286 g/mol. The first kappa shape index (κ1) is 14.0. The third-order valence-corrected chi connectivity index (χ3v) is 4.39. The Bertz CT molecular complexity index is 682. The van der Waals surface area contributed by atoms with E-state index in [-0.39, 0.29) is 11.3 Å². The molecule has 21 heavy (non-hydrogen) atoms. The molecule has 1 amide bonds. The fourth-order valence-electron chi connectivity index (χ4n) is 2.61. The van der Waals surface area contributed by atoms with Crippen LogP contribution in [0.2, 0.25) is 0 Å². The Morgan fingerprint density at radius 2 is 1.81 bits per heavy atom. The highest BCUT2D eigenvalue weighted by atomic mass is 35.5. The maximum atomic E-state index is 11.7. The number of likely N-dealkylation sites (N-methyl/N-ethyl adjacent to an activating group) is 1. The molecule has 1 heterocycles. The second-order valence-corrected chi connectivity index (χ2v) is 5.59. The molecule has 0 aliphatic carbocycles. The van der Waals surface area contributed by atoms with Crippen LogP contribution in [0.3, 0.4) is 0 Å². The Hall–Kier alpha value is -2.00. The van der Waals surface area contributed by atoms with E-state index in [1.807, 2.05) is 42.5 Å². The molecule has 0 N–H and O–H groups in total. The van der Waals surface area contributed by atoms with Crippen molar-refractivity contribution < 1.29 is 9.53 Å². The number of hydrogen-bond donors (Lipinski definition) is 0. The number of carbonyl (C=O) groups is 1. The summed E-state index contributed by atoms with van der Waals surface area (Å²) < 4.78 is 5.15. The number of nitrogens with zero attached hydrogens (tertiary/aromatic N) is 1. The van der Waals surface area contributed by atoms with Crippen molar-refractivity contribution in [2.75, 3.05) is 19.1 Å². The molecule has 0 fully saturated rings. The van der Waals surface area contributed by atoms with Crippen molar-refractivity contribution >= 4 is 23.2 Å². The third kappa shape index (κ3) is 2.49. The van der Waals surface area contributed by atoms with Crippen molar-refractivity contribution in [1.29, 1.82) is 0 Å². The van der Waals surface area contributed by atoms with E-state index in [2.05, 4.69) is 0 Å². The summed E-state index contributed by atoms with van der Waals surface area (Å²) in [6, 6.07) is 13.7. The zero-order chi connectivity index (χ0) is 15.0. The largest absolute Gasteiger partial charge is 0.497 e. The number of anilines is 1. The van der Waals surface area contributed by atoms with Crippen LogP contribution < -0.4 is 9.64 Å². The van der Waals surface area contributed by atoms with Crippen molar-refractivity contribution in [2.45, 2.75) is 11.8 Å². The number of ether oxygens (including phenoxy) is 1. The minimum atomic E-state index is -0.234. The Kier molecular flexibility index (Phi) is 3.60. The Labute approximate surface area is 129 Å². The van der Waals surface area contributed by atoms with Gasteiger partial charge in [0, 0.05) is 12.7 Å². The number of hydrogen-bond acceptors (Lipinski definition) is 2. The van der Waals surface area contributed by atoms with Gasteiger partial charge in [-0.05, 0) is 34.9 Å². The number of benzene rings is 2. The standard InChI is InChI=1S/C17H16ClNO2/c1-19-15-8-5-12(9-13(15)10-16(19)20)17(18)11-3-6-14(21-2)7-4-11/h3-9,17H,10H2,1-2H3. The highest BCUT2D eigenvalue weighted by Gasteiger charge is 2.25. The lowest BCUT2D eigenvalue weighted by Gasteiger charge is -2.14. The van der Waals surface area contributed by atoms with Gasteiger partial charge in [-0.15, -0.1) is 11.6 Å². The van der Waals surface area contributed by atoms with Gasteiger partial charge in [0.1, 0.15) is 5.75 Å². The van der Waals surface area contributed by atoms with Crippen LogP contribution >= 0.6 is 11.6 Å². The zero-order valence-corrected chi connectivity index (χ0v) is 12.7. The lowest BCUT2D eigenvalue weighted by molar-refractivity contribution is -0.117. The Morgan fingerprint density at radius 1 is 1.14 bits per heavy atom. The molecule has 1 aliphatic heterocycles. The van der Waals surface area contributed by atoms with E-state index in [0.717, 1.165) is 28.1 Å². The van der Waals surface area contributed by atoms with Gasteiger partial charge in [0.05, 0.1) is 18.9 Å². The SMILES string of the molecule is COc1ccc(C(Cl)c2ccc3c(c2)CC(=O)N3C)cc1. The number of amides is 1. The third-order valence-electron chi connectivity index (χ3n) is 3.88. The number of alkyl halides is 1. The molecule has 0 radical (unpaired) electrons. The van der Waals surface area contributed by atoms with Crippen LogP contribution in [0.15, 0.2) is 42.5 Å². The van der Waals surface area contributed by atoms with Crippen LogP contribution in [-0.4, -0.2) is 20.1 Å². The molecule has 108 valence electrons. The molecule has 1 atom stereocenters. The molecule has 0 saturated carbocycles. The summed E-state index contributed by atoms with van der Waals surface area (Å²) in [4.78, 5) is 13.4. The van der Waals surface area contributed by atoms with Gasteiger partial charge in [0.15, 0.2) is 0 Å². The summed E-state index contributed by atoms with van der Waals surface area (Å²) in [6.45, 7) is 0. The predicted octanol–water partition coefficient (Wildman–Crippen LogP) is 3.54. The number of carbonyl (C=O) groups excluding carboxylic acids is 1. The monoisotopic (exact) mass is 301 g/mol. The second-order valence-electron chi connectivity index (χ2n) is 5.15. The molecule has 3 nitrogen and oxygen atoms in total. The Balaban J connectivity index is 1.90. The summed E-state index contributed by atoms with van der Waals surface area (Å²) in [7, 11) is 3.44. The van der Waals surface area contributed by atoms with Gasteiger partial charge in [0.2, 0.25) is 5.91 Å².